The van der Waals surface area contributed by atoms with Crippen LogP contribution in [-0.2, 0) is 0 Å². The first kappa shape index (κ1) is 10.4. The molecule has 3 heteroatoms. The Labute approximate surface area is 111 Å². The average molecular weight is 331 g/mol. The van der Waals surface area contributed by atoms with E-state index < -0.39 is 0 Å². The Hall–Kier alpha value is -0.773. The summed E-state index contributed by atoms with van der Waals surface area (Å²) in [5.41, 5.74) is 2.23. The Bertz CT molecular complexity index is 692. The van der Waals surface area contributed by atoms with Crippen LogP contribution in [0.2, 0.25) is 0 Å². The minimum atomic E-state index is 1.10. The first-order valence-corrected chi connectivity index (χ1v) is 7.51. The predicted octanol–water partition coefficient (Wildman–Crippen LogP) is -0.0952. The fourth-order valence-electron chi connectivity index (χ4n) is 1.94. The molecule has 0 saturated heterocycles. The van der Waals surface area contributed by atoms with E-state index in [1.54, 1.807) is 33.7 Å². The summed E-state index contributed by atoms with van der Waals surface area (Å²) < 4.78 is 2.72. The van der Waals surface area contributed by atoms with E-state index in [0.29, 0.717) is 0 Å². The third-order valence-corrected chi connectivity index (χ3v) is 4.81. The molecule has 0 radical (unpaired) electrons. The predicted molar refractivity (Wildman–Crippen MR) is 75.6 cm³/mol. The Morgan fingerprint density at radius 1 is 0.812 bits per heavy atom. The quantitative estimate of drug-likeness (QED) is 0.414. The van der Waals surface area contributed by atoms with Gasteiger partial charge in [-0.15, -0.1) is 0 Å². The van der Waals surface area contributed by atoms with Crippen molar-refractivity contribution in [2.24, 2.45) is 0 Å². The van der Waals surface area contributed by atoms with Crippen molar-refractivity contribution in [3.8, 4) is 0 Å². The zero-order valence-corrected chi connectivity index (χ0v) is 13.5. The summed E-state index contributed by atoms with van der Waals surface area (Å²) in [4.78, 5) is 4.72. The molecule has 0 fully saturated rings. The first-order chi connectivity index (χ1) is 7.75. The van der Waals surface area contributed by atoms with Crippen molar-refractivity contribution in [3.63, 3.8) is 0 Å². The van der Waals surface area contributed by atoms with Crippen molar-refractivity contribution in [1.29, 1.82) is 0 Å². The second-order valence-corrected chi connectivity index (χ2v) is 6.43. The summed E-state index contributed by atoms with van der Waals surface area (Å²) in [5, 5.41) is 2.57. The second kappa shape index (κ2) is 3.91. The van der Waals surface area contributed by atoms with E-state index in [1.165, 1.54) is 19.5 Å². The van der Waals surface area contributed by atoms with Gasteiger partial charge < -0.3 is 0 Å². The van der Waals surface area contributed by atoms with Crippen LogP contribution < -0.4 is 8.70 Å². The van der Waals surface area contributed by atoms with Crippen molar-refractivity contribution >= 4 is 64.2 Å². The molecule has 78 valence electrons. The molecule has 0 spiro atoms. The fraction of sp³-hybridized carbons (Fsp3) is 0. The van der Waals surface area contributed by atoms with E-state index in [-0.39, 0.29) is 0 Å². The summed E-state index contributed by atoms with van der Waals surface area (Å²) in [5.74, 6) is 0. The third-order valence-electron chi connectivity index (χ3n) is 2.75. The molecule has 0 aliphatic carbocycles. The molecular weight excluding hydrogens is 320 g/mol. The zero-order valence-electron chi connectivity index (χ0n) is 8.64. The summed E-state index contributed by atoms with van der Waals surface area (Å²) >= 11 is 3.32. The number of aromatic nitrogens is 1. The second-order valence-electron chi connectivity index (χ2n) is 3.82. The van der Waals surface area contributed by atoms with Crippen LogP contribution >= 0.6 is 0 Å². The van der Waals surface area contributed by atoms with E-state index in [4.69, 9.17) is 4.98 Å². The van der Waals surface area contributed by atoms with Crippen LogP contribution in [0.5, 0.6) is 0 Å². The molecule has 0 aliphatic rings. The molecule has 3 rings (SSSR count). The van der Waals surface area contributed by atoms with Crippen molar-refractivity contribution in [2.45, 2.75) is 0 Å². The van der Waals surface area contributed by atoms with Crippen LogP contribution in [0.1, 0.15) is 0 Å². The van der Waals surface area contributed by atoms with Gasteiger partial charge >= 0.3 is 112 Å². The van der Waals surface area contributed by atoms with Crippen LogP contribution in [0.15, 0.2) is 42.5 Å². The number of pyridine rings is 1. The van der Waals surface area contributed by atoms with Crippen molar-refractivity contribution in [3.05, 3.63) is 42.5 Å². The van der Waals surface area contributed by atoms with Gasteiger partial charge in [-0.05, 0) is 0 Å². The monoisotopic (exact) mass is 331 g/mol. The molecular formula is C13H11As2N. The van der Waals surface area contributed by atoms with Gasteiger partial charge in [-0.3, -0.25) is 0 Å². The Kier molecular flexibility index (Phi) is 2.54. The molecule has 0 amide bonds. The van der Waals surface area contributed by atoms with E-state index in [9.17, 15) is 0 Å². The topological polar surface area (TPSA) is 12.9 Å². The molecule has 2 atom stereocenters. The standard InChI is InChI=1S/C13H11As2N/c14-8-5-6-10-12(7-8)16-11-4-2-1-3-9(11)13(10)15/h1-7H,14-15H2. The maximum atomic E-state index is 4.72. The summed E-state index contributed by atoms with van der Waals surface area (Å²) in [6.07, 6.45) is 0. The van der Waals surface area contributed by atoms with Crippen LogP contribution in [0, 0.1) is 0 Å². The molecule has 1 aromatic heterocycles. The van der Waals surface area contributed by atoms with Gasteiger partial charge in [0.1, 0.15) is 0 Å². The Balaban J connectivity index is 2.55. The third kappa shape index (κ3) is 1.59. The molecule has 0 aliphatic heterocycles. The number of nitrogens with zero attached hydrogens (tertiary/aromatic N) is 1. The Morgan fingerprint density at radius 3 is 2.44 bits per heavy atom. The van der Waals surface area contributed by atoms with Gasteiger partial charge in [0, 0.05) is 0 Å². The number of benzene rings is 2. The van der Waals surface area contributed by atoms with E-state index in [2.05, 4.69) is 36.4 Å². The van der Waals surface area contributed by atoms with Crippen molar-refractivity contribution in [1.82, 2.24) is 4.98 Å². The van der Waals surface area contributed by atoms with Crippen LogP contribution in [-0.4, -0.2) is 38.7 Å². The maximum absolute atomic E-state index is 4.72. The molecule has 2 unspecified atom stereocenters. The van der Waals surface area contributed by atoms with Gasteiger partial charge in [0.2, 0.25) is 0 Å². The van der Waals surface area contributed by atoms with Crippen molar-refractivity contribution in [2.75, 3.05) is 0 Å². The summed E-state index contributed by atoms with van der Waals surface area (Å²) in [7, 11) is 0. The van der Waals surface area contributed by atoms with Gasteiger partial charge in [-0.2, -0.15) is 0 Å². The van der Waals surface area contributed by atoms with Crippen LogP contribution in [0.25, 0.3) is 21.8 Å². The SMILES string of the molecule is [AsH2]c1ccc2c([AsH2])c3ccccc3nc2c1. The molecule has 0 N–H and O–H groups in total. The zero-order chi connectivity index (χ0) is 11.1. The number of fused-ring (bicyclic) bond motifs is 2. The van der Waals surface area contributed by atoms with Crippen molar-refractivity contribution < 1.29 is 0 Å². The summed E-state index contributed by atoms with van der Waals surface area (Å²) in [6, 6.07) is 14.9. The fourth-order valence-corrected chi connectivity index (χ4v) is 3.50. The normalized spacial score (nSPS) is 11.1. The number of hydrogen-bond donors (Lipinski definition) is 0. The van der Waals surface area contributed by atoms with E-state index >= 15 is 0 Å². The molecule has 3 aromatic rings. The average Bonchev–Trinajstić information content (AvgIpc) is 2.29. The molecule has 1 nitrogen and oxygen atoms in total. The van der Waals surface area contributed by atoms with E-state index in [1.807, 2.05) is 6.07 Å². The van der Waals surface area contributed by atoms with Gasteiger partial charge in [0.25, 0.3) is 0 Å². The van der Waals surface area contributed by atoms with Gasteiger partial charge in [-0.25, -0.2) is 0 Å². The number of rotatable bonds is 0. The molecule has 0 saturated carbocycles. The van der Waals surface area contributed by atoms with E-state index in [0.717, 1.165) is 11.0 Å². The Morgan fingerprint density at radius 2 is 1.56 bits per heavy atom. The van der Waals surface area contributed by atoms with Crippen LogP contribution in [0.4, 0.5) is 0 Å². The number of hydrogen-bond acceptors (Lipinski definition) is 1. The summed E-state index contributed by atoms with van der Waals surface area (Å²) in [6.45, 7) is 0. The number of para-hydroxylation sites is 1. The molecule has 1 heterocycles. The van der Waals surface area contributed by atoms with Crippen LogP contribution in [0.3, 0.4) is 0 Å². The van der Waals surface area contributed by atoms with Gasteiger partial charge in [0.05, 0.1) is 0 Å². The van der Waals surface area contributed by atoms with Gasteiger partial charge in [-0.1, -0.05) is 0 Å². The molecule has 0 bridgehead atoms. The minimum absolute atomic E-state index is 1.10. The first-order valence-electron chi connectivity index (χ1n) is 5.09. The molecule has 2 aromatic carbocycles. The van der Waals surface area contributed by atoms with Gasteiger partial charge in [0.15, 0.2) is 0 Å². The molecule has 16 heavy (non-hydrogen) atoms.